The van der Waals surface area contributed by atoms with Crippen LogP contribution >= 0.6 is 0 Å². The number of carbonyl (C=O) groups is 1. The first-order valence-corrected chi connectivity index (χ1v) is 15.4. The minimum absolute atomic E-state index is 0.101. The van der Waals surface area contributed by atoms with Gasteiger partial charge in [-0.1, -0.05) is 26.0 Å². The Hall–Kier alpha value is -3.43. The van der Waals surface area contributed by atoms with E-state index in [-0.39, 0.29) is 23.2 Å². The van der Waals surface area contributed by atoms with Gasteiger partial charge in [0.15, 0.2) is 5.65 Å². The number of carbonyl (C=O) groups excluding carboxylic acids is 1. The number of nitrogens with one attached hydrogen (secondary N) is 1. The van der Waals surface area contributed by atoms with Gasteiger partial charge in [0.05, 0.1) is 17.9 Å². The second-order valence-electron chi connectivity index (χ2n) is 13.4. The molecule has 5 heterocycles. The van der Waals surface area contributed by atoms with E-state index in [4.69, 9.17) is 6.57 Å². The number of anilines is 1. The maximum Gasteiger partial charge on any atom is 0.271 e. The molecule has 1 N–H and O–H groups in total. The second kappa shape index (κ2) is 10.9. The molecular weight excluding hydrogens is 545 g/mol. The molecule has 2 aromatic heterocycles. The summed E-state index contributed by atoms with van der Waals surface area (Å²) >= 11 is 0. The third kappa shape index (κ3) is 5.31. The number of amides is 1. The van der Waals surface area contributed by atoms with Gasteiger partial charge in [-0.3, -0.25) is 19.4 Å². The first kappa shape index (κ1) is 28.3. The van der Waals surface area contributed by atoms with Crippen LogP contribution in [-0.2, 0) is 16.6 Å². The zero-order valence-corrected chi connectivity index (χ0v) is 25.2. The molecule has 43 heavy (non-hydrogen) atoms. The molecule has 4 atom stereocenters. The Balaban J connectivity index is 1.12. The van der Waals surface area contributed by atoms with Gasteiger partial charge in [0.2, 0.25) is 5.91 Å². The molecule has 1 amide bonds. The monoisotopic (exact) mass is 585 g/mol. The third-order valence-electron chi connectivity index (χ3n) is 9.79. The van der Waals surface area contributed by atoms with Gasteiger partial charge in [-0.25, -0.2) is 25.4 Å². The summed E-state index contributed by atoms with van der Waals surface area (Å²) in [5, 5.41) is 8.24. The van der Waals surface area contributed by atoms with Gasteiger partial charge >= 0.3 is 0 Å². The van der Waals surface area contributed by atoms with Crippen LogP contribution in [0.25, 0.3) is 10.5 Å². The lowest BCUT2D eigenvalue weighted by Crippen LogP contribution is -2.62. The van der Waals surface area contributed by atoms with Crippen LogP contribution in [0.3, 0.4) is 0 Å². The summed E-state index contributed by atoms with van der Waals surface area (Å²) in [6.45, 7) is 19.7. The summed E-state index contributed by atoms with van der Waals surface area (Å²) < 4.78 is 15.5. The van der Waals surface area contributed by atoms with Crippen molar-refractivity contribution in [1.82, 2.24) is 34.6 Å². The van der Waals surface area contributed by atoms with Crippen LogP contribution < -0.4 is 10.2 Å². The predicted molar refractivity (Wildman–Crippen MR) is 162 cm³/mol. The number of benzene rings is 1. The van der Waals surface area contributed by atoms with Gasteiger partial charge < -0.3 is 10.2 Å². The van der Waals surface area contributed by atoms with Crippen molar-refractivity contribution in [3.63, 3.8) is 0 Å². The number of hydrogen-bond donors (Lipinski definition) is 1. The highest BCUT2D eigenvalue weighted by molar-refractivity contribution is 5.97. The molecule has 3 aliphatic heterocycles. The number of pyridine rings is 1. The Kier molecular flexibility index (Phi) is 7.21. The van der Waals surface area contributed by atoms with Crippen LogP contribution in [-0.4, -0.2) is 112 Å². The van der Waals surface area contributed by atoms with Gasteiger partial charge in [-0.2, -0.15) is 5.10 Å². The van der Waals surface area contributed by atoms with E-state index < -0.39 is 0 Å². The van der Waals surface area contributed by atoms with Crippen molar-refractivity contribution in [3.8, 4) is 0 Å². The van der Waals surface area contributed by atoms with E-state index in [0.29, 0.717) is 44.3 Å². The fraction of sp³-hybridized carbons (Fsp3) is 0.562. The molecule has 3 aromatic rings. The standard InChI is InChI=1S/C32H40FN9O/c1-21-15-40(25(14-35-21)16-38-9-10-39(20-34-4)27-13-26(27)38)17-29(43)41-18-32(2,3)30-28(41)12-23(31-36-19-37-42(30)31)11-22-5-7-24(33)8-6-22/h5-8,12,19,21,25-27,35H,9-11,13-18,20H2,1-3H3/t21-,25-,26?,27?/m1/s1. The smallest absolute Gasteiger partial charge is 0.271 e. The van der Waals surface area contributed by atoms with Crippen molar-refractivity contribution in [2.75, 3.05) is 57.4 Å². The van der Waals surface area contributed by atoms with Crippen LogP contribution in [0.4, 0.5) is 10.1 Å². The number of hydrogen-bond acceptors (Lipinski definition) is 7. The number of piperazine rings is 2. The average Bonchev–Trinajstić information content (AvgIpc) is 3.55. The van der Waals surface area contributed by atoms with E-state index in [1.54, 1.807) is 18.5 Å². The van der Waals surface area contributed by atoms with E-state index in [1.807, 2.05) is 9.42 Å². The number of nitrogens with zero attached hydrogens (tertiary/aromatic N) is 8. The molecule has 2 saturated heterocycles. The van der Waals surface area contributed by atoms with Crippen LogP contribution in [0.2, 0.25) is 0 Å². The maximum atomic E-state index is 14.2. The predicted octanol–water partition coefficient (Wildman–Crippen LogP) is 2.38. The second-order valence-corrected chi connectivity index (χ2v) is 13.4. The summed E-state index contributed by atoms with van der Waals surface area (Å²) in [4.78, 5) is 31.6. The first-order chi connectivity index (χ1) is 20.7. The molecule has 7 rings (SSSR count). The lowest BCUT2D eigenvalue weighted by atomic mass is 9.90. The Morgan fingerprint density at radius 2 is 1.93 bits per heavy atom. The van der Waals surface area contributed by atoms with E-state index in [1.165, 1.54) is 12.1 Å². The summed E-state index contributed by atoms with van der Waals surface area (Å²) in [7, 11) is 0. The molecule has 11 heteroatoms. The van der Waals surface area contributed by atoms with Crippen LogP contribution in [0.1, 0.15) is 44.0 Å². The van der Waals surface area contributed by atoms with E-state index in [0.717, 1.165) is 67.3 Å². The Morgan fingerprint density at radius 3 is 2.72 bits per heavy atom. The highest BCUT2D eigenvalue weighted by Crippen LogP contribution is 2.42. The van der Waals surface area contributed by atoms with Crippen LogP contribution in [0, 0.1) is 12.4 Å². The molecule has 1 aliphatic carbocycles. The number of aromatic nitrogens is 3. The zero-order chi connectivity index (χ0) is 29.9. The number of fused-ring (bicyclic) bond motifs is 4. The van der Waals surface area contributed by atoms with E-state index in [2.05, 4.69) is 61.8 Å². The molecule has 10 nitrogen and oxygen atoms in total. The third-order valence-corrected chi connectivity index (χ3v) is 9.79. The molecule has 0 radical (unpaired) electrons. The first-order valence-electron chi connectivity index (χ1n) is 15.4. The zero-order valence-electron chi connectivity index (χ0n) is 25.2. The topological polar surface area (TPSA) is 76.6 Å². The molecule has 0 bridgehead atoms. The number of rotatable bonds is 7. The van der Waals surface area contributed by atoms with Crippen molar-refractivity contribution in [1.29, 1.82) is 0 Å². The molecule has 3 fully saturated rings. The lowest BCUT2D eigenvalue weighted by molar-refractivity contribution is -0.120. The Labute approximate surface area is 252 Å². The van der Waals surface area contributed by atoms with Crippen molar-refractivity contribution in [2.24, 2.45) is 0 Å². The molecule has 1 saturated carbocycles. The fourth-order valence-corrected chi connectivity index (χ4v) is 7.57. The average molecular weight is 586 g/mol. The van der Waals surface area contributed by atoms with Crippen LogP contribution in [0.5, 0.6) is 0 Å². The molecule has 226 valence electrons. The summed E-state index contributed by atoms with van der Waals surface area (Å²) in [6, 6.07) is 10.2. The van der Waals surface area contributed by atoms with Gasteiger partial charge in [0, 0.05) is 80.8 Å². The SMILES string of the molecule is [C-]#[N+]CN1CCN(C[C@H]2CN[C@H](C)CN2CC(=O)N2CC(C)(C)c3c2cc(Cc2ccc(F)cc2)c2ncnn32)C2CC21. The summed E-state index contributed by atoms with van der Waals surface area (Å²) in [5.74, 6) is -0.159. The molecular formula is C32H40FN9O. The van der Waals surface area contributed by atoms with Crippen molar-refractivity contribution < 1.29 is 9.18 Å². The van der Waals surface area contributed by atoms with Gasteiger partial charge in [0.25, 0.3) is 6.67 Å². The largest absolute Gasteiger partial charge is 0.311 e. The highest BCUT2D eigenvalue weighted by atomic mass is 19.1. The fourth-order valence-electron chi connectivity index (χ4n) is 7.57. The van der Waals surface area contributed by atoms with Gasteiger partial charge in [0.1, 0.15) is 12.1 Å². The highest BCUT2D eigenvalue weighted by Gasteiger charge is 2.50. The Morgan fingerprint density at radius 1 is 1.16 bits per heavy atom. The normalized spacial score (nSPS) is 27.2. The minimum atomic E-state index is -0.298. The summed E-state index contributed by atoms with van der Waals surface area (Å²) in [5.41, 5.74) is 4.31. The van der Waals surface area contributed by atoms with Crippen molar-refractivity contribution in [3.05, 3.63) is 70.7 Å². The Bertz CT molecular complexity index is 1560. The van der Waals surface area contributed by atoms with Gasteiger partial charge in [-0.05, 0) is 37.1 Å². The molecule has 0 spiro atoms. The van der Waals surface area contributed by atoms with Crippen LogP contribution in [0.15, 0.2) is 36.7 Å². The molecule has 1 aromatic carbocycles. The maximum absolute atomic E-state index is 14.2. The van der Waals surface area contributed by atoms with E-state index in [9.17, 15) is 9.18 Å². The minimum Gasteiger partial charge on any atom is -0.311 e. The van der Waals surface area contributed by atoms with Crippen molar-refractivity contribution >= 4 is 17.2 Å². The molecule has 2 unspecified atom stereocenters. The van der Waals surface area contributed by atoms with Crippen molar-refractivity contribution in [2.45, 2.75) is 63.2 Å². The molecule has 4 aliphatic rings. The van der Waals surface area contributed by atoms with Gasteiger partial charge in [-0.15, -0.1) is 0 Å². The number of halogens is 1. The summed E-state index contributed by atoms with van der Waals surface area (Å²) in [6.07, 6.45) is 3.28. The quantitative estimate of drug-likeness (QED) is 0.427. The van der Waals surface area contributed by atoms with E-state index >= 15 is 0 Å². The lowest BCUT2D eigenvalue weighted by Gasteiger charge is -2.43.